The maximum absolute atomic E-state index is 13.6. The predicted molar refractivity (Wildman–Crippen MR) is 110 cm³/mol. The second-order valence-electron chi connectivity index (χ2n) is 7.67. The van der Waals surface area contributed by atoms with E-state index in [0.29, 0.717) is 31.1 Å². The van der Waals surface area contributed by atoms with Gasteiger partial charge in [0.05, 0.1) is 18.2 Å². The summed E-state index contributed by atoms with van der Waals surface area (Å²) in [4.78, 5) is 15.6. The summed E-state index contributed by atoms with van der Waals surface area (Å²) >= 11 is 0. The van der Waals surface area contributed by atoms with E-state index < -0.39 is 0 Å². The molecule has 1 atom stereocenters. The SMILES string of the molecule is Cc1cc(-n2c(C)cc(C(=O)N(CCc3ccccc3)[C@H]3CCOC3)c2C)no1. The van der Waals surface area contributed by atoms with Gasteiger partial charge in [0.1, 0.15) is 5.76 Å². The van der Waals surface area contributed by atoms with Crippen molar-refractivity contribution >= 4 is 5.91 Å². The summed E-state index contributed by atoms with van der Waals surface area (Å²) in [6, 6.07) is 14.2. The van der Waals surface area contributed by atoms with Gasteiger partial charge in [-0.3, -0.25) is 9.36 Å². The Balaban J connectivity index is 1.62. The standard InChI is InChI=1S/C23H27N3O3/c1-16-13-21(18(3)26(16)22-14-17(2)29-24-22)23(27)25(20-10-12-28-15-20)11-9-19-7-5-4-6-8-19/h4-8,13-14,20H,9-12,15H2,1-3H3/t20-/m0/s1. The number of aryl methyl sites for hydroxylation is 2. The van der Waals surface area contributed by atoms with Gasteiger partial charge in [0.25, 0.3) is 5.91 Å². The van der Waals surface area contributed by atoms with Crippen molar-refractivity contribution in [2.45, 2.75) is 39.7 Å². The van der Waals surface area contributed by atoms with Crippen LogP contribution < -0.4 is 0 Å². The molecule has 29 heavy (non-hydrogen) atoms. The highest BCUT2D eigenvalue weighted by molar-refractivity contribution is 5.96. The monoisotopic (exact) mass is 393 g/mol. The number of nitrogens with zero attached hydrogens (tertiary/aromatic N) is 3. The number of rotatable bonds is 6. The van der Waals surface area contributed by atoms with E-state index >= 15 is 0 Å². The molecule has 0 spiro atoms. The summed E-state index contributed by atoms with van der Waals surface area (Å²) in [6.07, 6.45) is 1.70. The van der Waals surface area contributed by atoms with Gasteiger partial charge in [0.2, 0.25) is 0 Å². The fourth-order valence-electron chi connectivity index (χ4n) is 4.06. The molecule has 1 aromatic carbocycles. The minimum Gasteiger partial charge on any atom is -0.379 e. The Labute approximate surface area is 171 Å². The largest absolute Gasteiger partial charge is 0.379 e. The van der Waals surface area contributed by atoms with Crippen LogP contribution >= 0.6 is 0 Å². The van der Waals surface area contributed by atoms with Gasteiger partial charge >= 0.3 is 0 Å². The van der Waals surface area contributed by atoms with Crippen molar-refractivity contribution in [3.8, 4) is 5.82 Å². The molecule has 3 heterocycles. The second-order valence-corrected chi connectivity index (χ2v) is 7.67. The third kappa shape index (κ3) is 3.98. The zero-order valence-electron chi connectivity index (χ0n) is 17.2. The van der Waals surface area contributed by atoms with E-state index in [2.05, 4.69) is 17.3 Å². The molecule has 6 heteroatoms. The van der Waals surface area contributed by atoms with Crippen LogP contribution in [0.1, 0.15) is 39.5 Å². The summed E-state index contributed by atoms with van der Waals surface area (Å²) in [5, 5.41) is 4.12. The number of hydrogen-bond acceptors (Lipinski definition) is 4. The molecule has 1 fully saturated rings. The zero-order chi connectivity index (χ0) is 20.4. The van der Waals surface area contributed by atoms with Crippen LogP contribution in [0.25, 0.3) is 5.82 Å². The second kappa shape index (κ2) is 8.25. The molecule has 0 bridgehead atoms. The van der Waals surface area contributed by atoms with Crippen molar-refractivity contribution in [1.29, 1.82) is 0 Å². The molecular weight excluding hydrogens is 366 g/mol. The van der Waals surface area contributed by atoms with Crippen LogP contribution in [0.3, 0.4) is 0 Å². The van der Waals surface area contributed by atoms with Gasteiger partial charge in [-0.15, -0.1) is 0 Å². The summed E-state index contributed by atoms with van der Waals surface area (Å²) in [7, 11) is 0. The van der Waals surface area contributed by atoms with E-state index in [0.717, 1.165) is 30.0 Å². The lowest BCUT2D eigenvalue weighted by molar-refractivity contribution is 0.0655. The molecule has 6 nitrogen and oxygen atoms in total. The highest BCUT2D eigenvalue weighted by Crippen LogP contribution is 2.24. The van der Waals surface area contributed by atoms with Crippen molar-refractivity contribution in [2.24, 2.45) is 0 Å². The predicted octanol–water partition coefficient (Wildman–Crippen LogP) is 3.86. The van der Waals surface area contributed by atoms with Crippen molar-refractivity contribution in [1.82, 2.24) is 14.6 Å². The molecule has 1 saturated heterocycles. The molecule has 1 aliphatic rings. The van der Waals surface area contributed by atoms with Crippen molar-refractivity contribution in [3.63, 3.8) is 0 Å². The summed E-state index contributed by atoms with van der Waals surface area (Å²) in [6.45, 7) is 7.79. The third-order valence-electron chi connectivity index (χ3n) is 5.60. The number of ether oxygens (including phenoxy) is 1. The summed E-state index contributed by atoms with van der Waals surface area (Å²) < 4.78 is 12.8. The highest BCUT2D eigenvalue weighted by Gasteiger charge is 2.30. The Hall–Kier alpha value is -2.86. The average Bonchev–Trinajstić information content (AvgIpc) is 3.44. The number of hydrogen-bond donors (Lipinski definition) is 0. The fraction of sp³-hybridized carbons (Fsp3) is 0.391. The first-order chi connectivity index (χ1) is 14.0. The van der Waals surface area contributed by atoms with Crippen LogP contribution in [0.2, 0.25) is 0 Å². The van der Waals surface area contributed by atoms with E-state index in [1.165, 1.54) is 5.56 Å². The molecule has 1 aliphatic heterocycles. The quantitative estimate of drug-likeness (QED) is 0.638. The lowest BCUT2D eigenvalue weighted by Gasteiger charge is -2.28. The lowest BCUT2D eigenvalue weighted by atomic mass is 10.1. The van der Waals surface area contributed by atoms with Crippen LogP contribution in [-0.2, 0) is 11.2 Å². The number of carbonyl (C=O) groups excluding carboxylic acids is 1. The minimum absolute atomic E-state index is 0.0518. The molecule has 0 N–H and O–H groups in total. The van der Waals surface area contributed by atoms with Gasteiger partial charge in [-0.1, -0.05) is 35.5 Å². The smallest absolute Gasteiger partial charge is 0.256 e. The number of benzene rings is 1. The molecule has 3 aromatic rings. The summed E-state index contributed by atoms with van der Waals surface area (Å²) in [5.74, 6) is 1.50. The normalized spacial score (nSPS) is 16.3. The third-order valence-corrected chi connectivity index (χ3v) is 5.60. The molecular formula is C23H27N3O3. The highest BCUT2D eigenvalue weighted by atomic mass is 16.5. The molecule has 1 amide bonds. The molecule has 0 radical (unpaired) electrons. The molecule has 0 saturated carbocycles. The van der Waals surface area contributed by atoms with Crippen LogP contribution in [0.4, 0.5) is 0 Å². The van der Waals surface area contributed by atoms with Crippen molar-refractivity contribution in [3.05, 3.63) is 70.7 Å². The molecule has 4 rings (SSSR count). The maximum Gasteiger partial charge on any atom is 0.256 e. The van der Waals surface area contributed by atoms with Gasteiger partial charge in [0, 0.05) is 30.6 Å². The number of aromatic nitrogens is 2. The van der Waals surface area contributed by atoms with E-state index in [1.54, 1.807) is 0 Å². The van der Waals surface area contributed by atoms with Gasteiger partial charge < -0.3 is 14.2 Å². The molecule has 0 unspecified atom stereocenters. The van der Waals surface area contributed by atoms with E-state index in [9.17, 15) is 4.79 Å². The lowest BCUT2D eigenvalue weighted by Crippen LogP contribution is -2.42. The van der Waals surface area contributed by atoms with Crippen LogP contribution in [0.15, 0.2) is 47.0 Å². The van der Waals surface area contributed by atoms with Crippen molar-refractivity contribution < 1.29 is 14.1 Å². The average molecular weight is 393 g/mol. The molecule has 0 aliphatic carbocycles. The Morgan fingerprint density at radius 2 is 2.00 bits per heavy atom. The van der Waals surface area contributed by atoms with Crippen LogP contribution in [-0.4, -0.2) is 46.3 Å². The Morgan fingerprint density at radius 1 is 1.21 bits per heavy atom. The zero-order valence-corrected chi connectivity index (χ0v) is 17.2. The Kier molecular flexibility index (Phi) is 5.53. The van der Waals surface area contributed by atoms with Crippen LogP contribution in [0, 0.1) is 20.8 Å². The summed E-state index contributed by atoms with van der Waals surface area (Å²) in [5.41, 5.74) is 3.78. The van der Waals surface area contributed by atoms with Gasteiger partial charge in [-0.05, 0) is 45.2 Å². The first-order valence-electron chi connectivity index (χ1n) is 10.1. The van der Waals surface area contributed by atoms with Gasteiger partial charge in [-0.2, -0.15) is 0 Å². The topological polar surface area (TPSA) is 60.5 Å². The molecule has 152 valence electrons. The first-order valence-corrected chi connectivity index (χ1v) is 10.1. The molecule has 2 aromatic heterocycles. The first kappa shape index (κ1) is 19.5. The number of amides is 1. The minimum atomic E-state index is 0.0518. The van der Waals surface area contributed by atoms with Gasteiger partial charge in [-0.25, -0.2) is 0 Å². The Bertz CT molecular complexity index is 984. The van der Waals surface area contributed by atoms with E-state index in [4.69, 9.17) is 9.26 Å². The van der Waals surface area contributed by atoms with E-state index in [1.807, 2.05) is 60.6 Å². The Morgan fingerprint density at radius 3 is 2.66 bits per heavy atom. The maximum atomic E-state index is 13.6. The van der Waals surface area contributed by atoms with Crippen LogP contribution in [0.5, 0.6) is 0 Å². The van der Waals surface area contributed by atoms with Crippen molar-refractivity contribution in [2.75, 3.05) is 19.8 Å². The number of carbonyl (C=O) groups is 1. The van der Waals surface area contributed by atoms with Gasteiger partial charge in [0.15, 0.2) is 5.82 Å². The van der Waals surface area contributed by atoms with E-state index in [-0.39, 0.29) is 11.9 Å². The fourth-order valence-corrected chi connectivity index (χ4v) is 4.06.